The SMILES string of the molecule is CC(C)c1cc(C(C)(C)C)c[nH]1. The topological polar surface area (TPSA) is 15.8 Å². The molecule has 1 rings (SSSR count). The molecule has 0 spiro atoms. The van der Waals surface area contributed by atoms with E-state index < -0.39 is 0 Å². The van der Waals surface area contributed by atoms with E-state index >= 15 is 0 Å². The van der Waals surface area contributed by atoms with Crippen molar-refractivity contribution >= 4 is 0 Å². The molecule has 1 aromatic rings. The Morgan fingerprint density at radius 3 is 2.08 bits per heavy atom. The molecule has 0 radical (unpaired) electrons. The van der Waals surface area contributed by atoms with Crippen LogP contribution in [0.4, 0.5) is 0 Å². The molecule has 0 unspecified atom stereocenters. The minimum Gasteiger partial charge on any atom is -0.364 e. The highest BCUT2D eigenvalue weighted by molar-refractivity contribution is 5.25. The molecule has 0 fully saturated rings. The number of hydrogen-bond donors (Lipinski definition) is 1. The molecule has 1 N–H and O–H groups in total. The Kier molecular flexibility index (Phi) is 2.31. The first-order chi connectivity index (χ1) is 5.41. The Morgan fingerprint density at radius 2 is 1.83 bits per heavy atom. The fourth-order valence-electron chi connectivity index (χ4n) is 1.18. The van der Waals surface area contributed by atoms with E-state index in [1.54, 1.807) is 0 Å². The molecule has 1 heterocycles. The largest absolute Gasteiger partial charge is 0.364 e. The molecule has 0 aromatic carbocycles. The molecule has 68 valence electrons. The molecular weight excluding hydrogens is 146 g/mol. The lowest BCUT2D eigenvalue weighted by molar-refractivity contribution is 0.591. The number of aromatic amines is 1. The second kappa shape index (κ2) is 2.96. The number of hydrogen-bond acceptors (Lipinski definition) is 0. The van der Waals surface area contributed by atoms with Crippen LogP contribution in [-0.2, 0) is 5.41 Å². The fourth-order valence-corrected chi connectivity index (χ4v) is 1.18. The van der Waals surface area contributed by atoms with Crippen molar-refractivity contribution in [1.29, 1.82) is 0 Å². The molecule has 0 bridgehead atoms. The van der Waals surface area contributed by atoms with Gasteiger partial charge in [-0.1, -0.05) is 34.6 Å². The standard InChI is InChI=1S/C11H19N/c1-8(2)10-6-9(7-12-10)11(3,4)5/h6-8,12H,1-5H3. The Morgan fingerprint density at radius 1 is 1.25 bits per heavy atom. The van der Waals surface area contributed by atoms with Crippen LogP contribution in [0.3, 0.4) is 0 Å². The van der Waals surface area contributed by atoms with E-state index in [4.69, 9.17) is 0 Å². The minimum atomic E-state index is 0.267. The summed E-state index contributed by atoms with van der Waals surface area (Å²) in [6, 6.07) is 2.27. The van der Waals surface area contributed by atoms with Crippen LogP contribution in [-0.4, -0.2) is 4.98 Å². The van der Waals surface area contributed by atoms with Gasteiger partial charge in [0.25, 0.3) is 0 Å². The smallest absolute Gasteiger partial charge is 0.0176 e. The summed E-state index contributed by atoms with van der Waals surface area (Å²) in [4.78, 5) is 3.31. The van der Waals surface area contributed by atoms with Crippen LogP contribution >= 0.6 is 0 Å². The first kappa shape index (κ1) is 9.37. The van der Waals surface area contributed by atoms with Crippen LogP contribution in [0.1, 0.15) is 51.8 Å². The van der Waals surface area contributed by atoms with Crippen molar-refractivity contribution in [2.45, 2.75) is 46.0 Å². The summed E-state index contributed by atoms with van der Waals surface area (Å²) in [5.74, 6) is 0.598. The highest BCUT2D eigenvalue weighted by Crippen LogP contribution is 2.24. The maximum absolute atomic E-state index is 3.31. The van der Waals surface area contributed by atoms with Gasteiger partial charge in [-0.3, -0.25) is 0 Å². The molecule has 0 aliphatic heterocycles. The minimum absolute atomic E-state index is 0.267. The van der Waals surface area contributed by atoms with Gasteiger partial charge in [0.2, 0.25) is 0 Å². The summed E-state index contributed by atoms with van der Waals surface area (Å²) < 4.78 is 0. The molecule has 0 saturated carbocycles. The van der Waals surface area contributed by atoms with Gasteiger partial charge in [-0.2, -0.15) is 0 Å². The van der Waals surface area contributed by atoms with E-state index in [0.29, 0.717) is 5.92 Å². The molecule has 0 aliphatic rings. The van der Waals surface area contributed by atoms with Crippen LogP contribution in [0.5, 0.6) is 0 Å². The molecule has 1 aromatic heterocycles. The monoisotopic (exact) mass is 165 g/mol. The van der Waals surface area contributed by atoms with Gasteiger partial charge in [-0.25, -0.2) is 0 Å². The van der Waals surface area contributed by atoms with Crippen molar-refractivity contribution in [2.75, 3.05) is 0 Å². The van der Waals surface area contributed by atoms with Crippen molar-refractivity contribution in [3.63, 3.8) is 0 Å². The molecule has 0 amide bonds. The number of aromatic nitrogens is 1. The van der Waals surface area contributed by atoms with Gasteiger partial charge in [0, 0.05) is 11.9 Å². The molecule has 12 heavy (non-hydrogen) atoms. The van der Waals surface area contributed by atoms with Gasteiger partial charge in [0.15, 0.2) is 0 Å². The van der Waals surface area contributed by atoms with Crippen molar-refractivity contribution in [3.05, 3.63) is 23.5 Å². The van der Waals surface area contributed by atoms with Gasteiger partial charge in [-0.05, 0) is 23.0 Å². The lowest BCUT2D eigenvalue weighted by Gasteiger charge is -2.15. The van der Waals surface area contributed by atoms with Crippen LogP contribution in [0.25, 0.3) is 0 Å². The lowest BCUT2D eigenvalue weighted by Crippen LogP contribution is -2.09. The van der Waals surface area contributed by atoms with E-state index in [0.717, 1.165) is 0 Å². The zero-order chi connectivity index (χ0) is 9.35. The molecular formula is C11H19N. The molecule has 0 saturated heterocycles. The third-order valence-electron chi connectivity index (χ3n) is 2.19. The summed E-state index contributed by atoms with van der Waals surface area (Å²) in [7, 11) is 0. The fraction of sp³-hybridized carbons (Fsp3) is 0.636. The van der Waals surface area contributed by atoms with Crippen LogP contribution in [0, 0.1) is 0 Å². The summed E-state index contributed by atoms with van der Waals surface area (Å²) in [6.45, 7) is 11.1. The Bertz CT molecular complexity index is 250. The van der Waals surface area contributed by atoms with E-state index in [2.05, 4.69) is 51.9 Å². The number of H-pyrrole nitrogens is 1. The van der Waals surface area contributed by atoms with Crippen molar-refractivity contribution in [3.8, 4) is 0 Å². The van der Waals surface area contributed by atoms with Crippen LogP contribution in [0.15, 0.2) is 12.3 Å². The van der Waals surface area contributed by atoms with E-state index in [-0.39, 0.29) is 5.41 Å². The number of rotatable bonds is 1. The van der Waals surface area contributed by atoms with Gasteiger partial charge < -0.3 is 4.98 Å². The highest BCUT2D eigenvalue weighted by atomic mass is 14.7. The predicted octanol–water partition coefficient (Wildman–Crippen LogP) is 3.44. The van der Waals surface area contributed by atoms with Crippen molar-refractivity contribution in [2.24, 2.45) is 0 Å². The first-order valence-corrected chi connectivity index (χ1v) is 4.60. The van der Waals surface area contributed by atoms with Gasteiger partial charge in [-0.15, -0.1) is 0 Å². The number of nitrogens with one attached hydrogen (secondary N) is 1. The normalized spacial score (nSPS) is 12.5. The highest BCUT2D eigenvalue weighted by Gasteiger charge is 2.15. The lowest BCUT2D eigenvalue weighted by atomic mass is 9.89. The van der Waals surface area contributed by atoms with Crippen molar-refractivity contribution < 1.29 is 0 Å². The van der Waals surface area contributed by atoms with Gasteiger partial charge in [0.05, 0.1) is 0 Å². The molecule has 1 nitrogen and oxygen atoms in total. The predicted molar refractivity (Wildman–Crippen MR) is 53.6 cm³/mol. The molecule has 0 atom stereocenters. The average molecular weight is 165 g/mol. The Labute approximate surface area is 75.2 Å². The molecule has 1 heteroatoms. The third-order valence-corrected chi connectivity index (χ3v) is 2.19. The van der Waals surface area contributed by atoms with Gasteiger partial charge in [0.1, 0.15) is 0 Å². The zero-order valence-corrected chi connectivity index (χ0v) is 8.73. The quantitative estimate of drug-likeness (QED) is 0.656. The maximum Gasteiger partial charge on any atom is 0.0176 e. The van der Waals surface area contributed by atoms with Gasteiger partial charge >= 0.3 is 0 Å². The maximum atomic E-state index is 3.31. The van der Waals surface area contributed by atoms with Crippen LogP contribution < -0.4 is 0 Å². The first-order valence-electron chi connectivity index (χ1n) is 4.60. The Balaban J connectivity index is 2.92. The van der Waals surface area contributed by atoms with Crippen LogP contribution in [0.2, 0.25) is 0 Å². The second-order valence-electron chi connectivity index (χ2n) is 4.75. The van der Waals surface area contributed by atoms with E-state index in [1.807, 2.05) is 0 Å². The summed E-state index contributed by atoms with van der Waals surface area (Å²) in [5, 5.41) is 0. The van der Waals surface area contributed by atoms with E-state index in [9.17, 15) is 0 Å². The summed E-state index contributed by atoms with van der Waals surface area (Å²) in [6.07, 6.45) is 2.12. The zero-order valence-electron chi connectivity index (χ0n) is 8.73. The molecule has 0 aliphatic carbocycles. The van der Waals surface area contributed by atoms with E-state index in [1.165, 1.54) is 11.3 Å². The third kappa shape index (κ3) is 1.90. The second-order valence-corrected chi connectivity index (χ2v) is 4.75. The summed E-state index contributed by atoms with van der Waals surface area (Å²) in [5.41, 5.74) is 3.00. The summed E-state index contributed by atoms with van der Waals surface area (Å²) >= 11 is 0. The van der Waals surface area contributed by atoms with Crippen molar-refractivity contribution in [1.82, 2.24) is 4.98 Å². The Hall–Kier alpha value is -0.720. The average Bonchev–Trinajstić information content (AvgIpc) is 2.30.